The Morgan fingerprint density at radius 1 is 1.27 bits per heavy atom. The highest BCUT2D eigenvalue weighted by molar-refractivity contribution is 8.14. The van der Waals surface area contributed by atoms with Crippen LogP contribution in [0.3, 0.4) is 0 Å². The van der Waals surface area contributed by atoms with E-state index in [1.54, 1.807) is 0 Å². The molecule has 1 aliphatic carbocycles. The number of halogens is 1. The van der Waals surface area contributed by atoms with E-state index in [1.165, 1.54) is 25.7 Å². The summed E-state index contributed by atoms with van der Waals surface area (Å²) in [5, 5.41) is 6.78. The topological polar surface area (TPSA) is 43.4 Å². The van der Waals surface area contributed by atoms with Crippen LogP contribution in [0.4, 0.5) is 5.69 Å². The van der Waals surface area contributed by atoms with Crippen LogP contribution < -0.4 is 5.32 Å². The third-order valence-corrected chi connectivity index (χ3v) is 6.63. The van der Waals surface area contributed by atoms with Gasteiger partial charge in [-0.05, 0) is 58.1 Å². The Morgan fingerprint density at radius 2 is 2.08 bits per heavy atom. The normalized spacial score (nSPS) is 21.1. The summed E-state index contributed by atoms with van der Waals surface area (Å²) in [5.41, 5.74) is 3.39. The average molecular weight is 391 g/mol. The Kier molecular flexibility index (Phi) is 5.48. The molecular weight excluding hydrogens is 364 g/mol. The van der Waals surface area contributed by atoms with E-state index in [0.29, 0.717) is 12.1 Å². The van der Waals surface area contributed by atoms with Crippen molar-refractivity contribution in [3.8, 4) is 0 Å². The smallest absolute Gasteiger partial charge is 0.114 e. The lowest BCUT2D eigenvalue weighted by atomic mass is 10.2. The Hall–Kier alpha value is -1.17. The summed E-state index contributed by atoms with van der Waals surface area (Å²) in [5.74, 6) is 1.08. The second-order valence-corrected chi connectivity index (χ2v) is 9.16. The average Bonchev–Trinajstić information content (AvgIpc) is 3.32. The summed E-state index contributed by atoms with van der Waals surface area (Å²) < 4.78 is 0. The predicted octanol–water partition coefficient (Wildman–Crippen LogP) is 4.99. The van der Waals surface area contributed by atoms with E-state index in [0.717, 1.165) is 51.1 Å². The number of hydrogen-bond acceptors (Lipinski definition) is 4. The molecule has 2 aliphatic rings. The van der Waals surface area contributed by atoms with E-state index < -0.39 is 0 Å². The molecule has 4 rings (SSSR count). The molecule has 1 aromatic carbocycles. The quantitative estimate of drug-likeness (QED) is 0.730. The van der Waals surface area contributed by atoms with E-state index in [2.05, 4.69) is 35.4 Å². The first-order valence-corrected chi connectivity index (χ1v) is 10.9. The first-order valence-electron chi connectivity index (χ1n) is 9.53. The lowest BCUT2D eigenvalue weighted by Crippen LogP contribution is -2.18. The van der Waals surface area contributed by atoms with Gasteiger partial charge in [-0.2, -0.15) is 0 Å². The van der Waals surface area contributed by atoms with Gasteiger partial charge in [0.15, 0.2) is 0 Å². The van der Waals surface area contributed by atoms with Crippen molar-refractivity contribution in [3.63, 3.8) is 0 Å². The highest BCUT2D eigenvalue weighted by Gasteiger charge is 2.22. The highest BCUT2D eigenvalue weighted by atomic mass is 35.5. The number of nitrogens with zero attached hydrogens (tertiary/aromatic N) is 2. The zero-order chi connectivity index (χ0) is 18.1. The summed E-state index contributed by atoms with van der Waals surface area (Å²) in [7, 11) is 4.24. The molecule has 0 radical (unpaired) electrons. The summed E-state index contributed by atoms with van der Waals surface area (Å²) >= 11 is 8.24. The van der Waals surface area contributed by atoms with Crippen molar-refractivity contribution in [1.82, 2.24) is 9.88 Å². The van der Waals surface area contributed by atoms with E-state index in [-0.39, 0.29) is 0 Å². The Morgan fingerprint density at radius 3 is 2.85 bits per heavy atom. The maximum Gasteiger partial charge on any atom is 0.114 e. The van der Waals surface area contributed by atoms with Crippen LogP contribution in [0.25, 0.3) is 10.9 Å². The highest BCUT2D eigenvalue weighted by Crippen LogP contribution is 2.33. The van der Waals surface area contributed by atoms with E-state index >= 15 is 0 Å². The van der Waals surface area contributed by atoms with Crippen LogP contribution in [-0.2, 0) is 0 Å². The molecule has 1 aromatic heterocycles. The number of aromatic nitrogens is 1. The van der Waals surface area contributed by atoms with Crippen LogP contribution in [0.15, 0.2) is 23.2 Å². The fraction of sp³-hybridized carbons (Fsp3) is 0.550. The van der Waals surface area contributed by atoms with Gasteiger partial charge in [0.2, 0.25) is 0 Å². The van der Waals surface area contributed by atoms with Crippen molar-refractivity contribution in [1.29, 1.82) is 0 Å². The lowest BCUT2D eigenvalue weighted by Gasteiger charge is -2.14. The molecule has 0 spiro atoms. The van der Waals surface area contributed by atoms with Crippen LogP contribution in [0.5, 0.6) is 0 Å². The second-order valence-electron chi connectivity index (χ2n) is 7.72. The van der Waals surface area contributed by atoms with Gasteiger partial charge in [0, 0.05) is 22.2 Å². The molecule has 1 unspecified atom stereocenters. The van der Waals surface area contributed by atoms with E-state index in [4.69, 9.17) is 16.6 Å². The number of aromatic amines is 1. The van der Waals surface area contributed by atoms with E-state index in [9.17, 15) is 0 Å². The molecule has 2 aromatic rings. The van der Waals surface area contributed by atoms with Crippen LogP contribution >= 0.6 is 23.4 Å². The number of rotatable bonds is 6. The molecule has 2 heterocycles. The summed E-state index contributed by atoms with van der Waals surface area (Å²) in [6, 6.07) is 7.27. The summed E-state index contributed by atoms with van der Waals surface area (Å²) in [6.07, 6.45) is 6.25. The standard InChI is InChI=1S/C20H27ClN4S/c1-25(2)8-7-16-12-26-20(23-16)18-10-13-9-14(21)11-17(19(13)24-18)22-15-5-3-4-6-15/h9-11,15-16,22,24H,3-8,12H2,1-2H3. The van der Waals surface area contributed by atoms with Crippen LogP contribution in [0, 0.1) is 0 Å². The predicted molar refractivity (Wildman–Crippen MR) is 115 cm³/mol. The maximum atomic E-state index is 6.38. The van der Waals surface area contributed by atoms with Gasteiger partial charge in [-0.15, -0.1) is 11.8 Å². The van der Waals surface area contributed by atoms with Crippen LogP contribution in [0.2, 0.25) is 5.02 Å². The molecule has 6 heteroatoms. The molecule has 1 aliphatic heterocycles. The fourth-order valence-corrected chi connectivity index (χ4v) is 5.15. The van der Waals surface area contributed by atoms with Crippen molar-refractivity contribution in [3.05, 3.63) is 28.9 Å². The molecule has 0 amide bonds. The minimum atomic E-state index is 0.420. The van der Waals surface area contributed by atoms with E-state index in [1.807, 2.05) is 23.9 Å². The molecule has 1 atom stereocenters. The first kappa shape index (κ1) is 18.2. The Bertz CT molecular complexity index is 807. The van der Waals surface area contributed by atoms with Gasteiger partial charge in [-0.1, -0.05) is 24.4 Å². The molecular formula is C20H27ClN4S. The summed E-state index contributed by atoms with van der Waals surface area (Å²) in [6.45, 7) is 1.08. The van der Waals surface area contributed by atoms with Gasteiger partial charge >= 0.3 is 0 Å². The third-order valence-electron chi connectivity index (χ3n) is 5.26. The first-order chi connectivity index (χ1) is 12.6. The third kappa shape index (κ3) is 4.05. The number of benzene rings is 1. The fourth-order valence-electron chi connectivity index (χ4n) is 3.84. The Labute approximate surface area is 164 Å². The maximum absolute atomic E-state index is 6.38. The van der Waals surface area contributed by atoms with Crippen LogP contribution in [-0.4, -0.2) is 53.4 Å². The molecule has 0 saturated heterocycles. The number of anilines is 1. The molecule has 4 nitrogen and oxygen atoms in total. The van der Waals surface area contributed by atoms with Gasteiger partial charge in [-0.3, -0.25) is 4.99 Å². The molecule has 26 heavy (non-hydrogen) atoms. The van der Waals surface area contributed by atoms with Gasteiger partial charge in [0.25, 0.3) is 0 Å². The number of fused-ring (bicyclic) bond motifs is 1. The summed E-state index contributed by atoms with van der Waals surface area (Å²) in [4.78, 5) is 10.8. The number of thioether (sulfide) groups is 1. The minimum Gasteiger partial charge on any atom is -0.381 e. The van der Waals surface area contributed by atoms with Gasteiger partial charge in [-0.25, -0.2) is 0 Å². The largest absolute Gasteiger partial charge is 0.381 e. The van der Waals surface area contributed by atoms with Gasteiger partial charge in [0.1, 0.15) is 5.04 Å². The second kappa shape index (κ2) is 7.83. The number of hydrogen-bond donors (Lipinski definition) is 2. The van der Waals surface area contributed by atoms with Crippen molar-refractivity contribution in [2.45, 2.75) is 44.2 Å². The number of nitrogens with one attached hydrogen (secondary N) is 2. The Balaban J connectivity index is 1.58. The molecule has 1 fully saturated rings. The van der Waals surface area contributed by atoms with Crippen LogP contribution in [0.1, 0.15) is 37.8 Å². The zero-order valence-electron chi connectivity index (χ0n) is 15.5. The van der Waals surface area contributed by atoms with Gasteiger partial charge in [0.05, 0.1) is 22.9 Å². The van der Waals surface area contributed by atoms with Gasteiger partial charge < -0.3 is 15.2 Å². The van der Waals surface area contributed by atoms with Crippen molar-refractivity contribution in [2.24, 2.45) is 4.99 Å². The number of H-pyrrole nitrogens is 1. The molecule has 1 saturated carbocycles. The zero-order valence-corrected chi connectivity index (χ0v) is 17.1. The van der Waals surface area contributed by atoms with Crippen molar-refractivity contribution >= 4 is 45.0 Å². The minimum absolute atomic E-state index is 0.420. The van der Waals surface area contributed by atoms with Crippen molar-refractivity contribution < 1.29 is 0 Å². The molecule has 2 N–H and O–H groups in total. The lowest BCUT2D eigenvalue weighted by molar-refractivity contribution is 0.388. The number of aliphatic imine (C=N–C) groups is 1. The molecule has 140 valence electrons. The molecule has 0 bridgehead atoms. The monoisotopic (exact) mass is 390 g/mol. The SMILES string of the molecule is CN(C)CCC1CSC(c2cc3cc(Cl)cc(NC4CCCC4)c3[nH]2)=N1. The van der Waals surface area contributed by atoms with Crippen molar-refractivity contribution in [2.75, 3.05) is 31.7 Å².